The van der Waals surface area contributed by atoms with E-state index in [1.165, 1.54) is 23.9 Å². The van der Waals surface area contributed by atoms with Crippen LogP contribution < -0.4 is 0 Å². The first kappa shape index (κ1) is 16.2. The fraction of sp³-hybridized carbons (Fsp3) is 0.421. The van der Waals surface area contributed by atoms with Gasteiger partial charge in [-0.25, -0.2) is 19.3 Å². The molecule has 0 spiro atoms. The third-order valence-corrected chi connectivity index (χ3v) is 5.34. The van der Waals surface area contributed by atoms with Crippen LogP contribution in [0.15, 0.2) is 30.9 Å². The van der Waals surface area contributed by atoms with E-state index in [0.29, 0.717) is 25.3 Å². The summed E-state index contributed by atoms with van der Waals surface area (Å²) in [6, 6.07) is 6.39. The number of fused-ring (bicyclic) bond motifs is 1. The highest BCUT2D eigenvalue weighted by Crippen LogP contribution is 2.28. The molecule has 0 bridgehead atoms. The lowest BCUT2D eigenvalue weighted by Gasteiger charge is -2.16. The maximum atomic E-state index is 12.1. The first-order valence-electron chi connectivity index (χ1n) is 9.44. The molecule has 0 atom stereocenters. The van der Waals surface area contributed by atoms with E-state index in [1.54, 1.807) is 11.0 Å². The molecule has 2 aromatic heterocycles. The normalized spacial score (nSPS) is 16.3. The molecule has 1 aromatic carbocycles. The molecular formula is C19H21N7O. The monoisotopic (exact) mass is 363 g/mol. The van der Waals surface area contributed by atoms with E-state index in [1.807, 2.05) is 9.58 Å². The standard InChI is InChI=1S/C19H21N7O/c27-19-8-3-9-24(19)11-18-22-17(10-25-13-20-12-21-25)23-26(18)16-7-2-5-14-4-1-6-15(14)16/h2,5,7,12-13H,1,3-4,6,8-11H2. The van der Waals surface area contributed by atoms with E-state index in [-0.39, 0.29) is 5.91 Å². The van der Waals surface area contributed by atoms with Crippen molar-refractivity contribution in [2.45, 2.75) is 45.2 Å². The molecule has 1 fully saturated rings. The average molecular weight is 363 g/mol. The van der Waals surface area contributed by atoms with Crippen molar-refractivity contribution in [3.63, 3.8) is 0 Å². The molecule has 1 aliphatic heterocycles. The second kappa shape index (κ2) is 6.61. The van der Waals surface area contributed by atoms with Crippen LogP contribution in [0.4, 0.5) is 0 Å². The number of aryl methyl sites for hydroxylation is 1. The van der Waals surface area contributed by atoms with Gasteiger partial charge in [-0.1, -0.05) is 12.1 Å². The Morgan fingerprint density at radius 3 is 2.85 bits per heavy atom. The fourth-order valence-electron chi connectivity index (χ4n) is 4.05. The van der Waals surface area contributed by atoms with Gasteiger partial charge in [0.1, 0.15) is 19.2 Å². The molecule has 1 aliphatic carbocycles. The smallest absolute Gasteiger partial charge is 0.223 e. The van der Waals surface area contributed by atoms with Gasteiger partial charge in [-0.15, -0.1) is 5.10 Å². The number of carbonyl (C=O) groups excluding carboxylic acids is 1. The number of nitrogens with zero attached hydrogens (tertiary/aromatic N) is 7. The third kappa shape index (κ3) is 3.01. The quantitative estimate of drug-likeness (QED) is 0.686. The van der Waals surface area contributed by atoms with Crippen molar-refractivity contribution < 1.29 is 4.79 Å². The zero-order valence-corrected chi connectivity index (χ0v) is 15.1. The Labute approximate surface area is 156 Å². The summed E-state index contributed by atoms with van der Waals surface area (Å²) in [5.74, 6) is 1.68. The molecule has 1 amide bonds. The van der Waals surface area contributed by atoms with Crippen molar-refractivity contribution >= 4 is 5.91 Å². The molecule has 5 rings (SSSR count). The zero-order chi connectivity index (χ0) is 18.2. The van der Waals surface area contributed by atoms with E-state index in [4.69, 9.17) is 10.1 Å². The van der Waals surface area contributed by atoms with E-state index in [9.17, 15) is 4.79 Å². The first-order valence-corrected chi connectivity index (χ1v) is 9.44. The molecule has 1 saturated heterocycles. The number of hydrogen-bond acceptors (Lipinski definition) is 5. The lowest BCUT2D eigenvalue weighted by atomic mass is 10.1. The number of amides is 1. The van der Waals surface area contributed by atoms with Gasteiger partial charge >= 0.3 is 0 Å². The summed E-state index contributed by atoms with van der Waals surface area (Å²) < 4.78 is 3.64. The number of rotatable bonds is 5. The predicted molar refractivity (Wildman–Crippen MR) is 97.2 cm³/mol. The Hall–Kier alpha value is -3.03. The van der Waals surface area contributed by atoms with Crippen molar-refractivity contribution in [2.75, 3.05) is 6.54 Å². The Balaban J connectivity index is 1.55. The maximum absolute atomic E-state index is 12.1. The van der Waals surface area contributed by atoms with Crippen molar-refractivity contribution in [3.05, 3.63) is 53.6 Å². The lowest BCUT2D eigenvalue weighted by molar-refractivity contribution is -0.128. The SMILES string of the molecule is O=C1CCCN1Cc1nc(Cn2cncn2)nn1-c1cccc2c1CCC2. The third-order valence-electron chi connectivity index (χ3n) is 5.34. The van der Waals surface area contributed by atoms with Crippen molar-refractivity contribution in [2.24, 2.45) is 0 Å². The van der Waals surface area contributed by atoms with Gasteiger partial charge in [0.2, 0.25) is 5.91 Å². The van der Waals surface area contributed by atoms with E-state index >= 15 is 0 Å². The topological polar surface area (TPSA) is 81.7 Å². The summed E-state index contributed by atoms with van der Waals surface area (Å²) in [5.41, 5.74) is 3.83. The molecule has 0 unspecified atom stereocenters. The van der Waals surface area contributed by atoms with Crippen LogP contribution in [0, 0.1) is 0 Å². The maximum Gasteiger partial charge on any atom is 0.223 e. The van der Waals surface area contributed by atoms with Gasteiger partial charge in [-0.3, -0.25) is 4.79 Å². The Morgan fingerprint density at radius 1 is 1.07 bits per heavy atom. The van der Waals surface area contributed by atoms with Gasteiger partial charge in [0.05, 0.1) is 12.2 Å². The van der Waals surface area contributed by atoms with E-state index in [2.05, 4.69) is 28.3 Å². The average Bonchev–Trinajstić information content (AvgIpc) is 3.44. The summed E-state index contributed by atoms with van der Waals surface area (Å²) >= 11 is 0. The van der Waals surface area contributed by atoms with Crippen LogP contribution in [0.3, 0.4) is 0 Å². The highest BCUT2D eigenvalue weighted by atomic mass is 16.2. The molecular weight excluding hydrogens is 342 g/mol. The minimum Gasteiger partial charge on any atom is -0.335 e. The molecule has 8 nitrogen and oxygen atoms in total. The predicted octanol–water partition coefficient (Wildman–Crippen LogP) is 1.52. The van der Waals surface area contributed by atoms with Crippen LogP contribution in [0.2, 0.25) is 0 Å². The summed E-state index contributed by atoms with van der Waals surface area (Å²) in [5, 5.41) is 8.93. The molecule has 3 heterocycles. The highest BCUT2D eigenvalue weighted by molar-refractivity contribution is 5.77. The van der Waals surface area contributed by atoms with E-state index < -0.39 is 0 Å². The molecule has 0 N–H and O–H groups in total. The van der Waals surface area contributed by atoms with E-state index in [0.717, 1.165) is 37.3 Å². The van der Waals surface area contributed by atoms with Gasteiger partial charge < -0.3 is 4.90 Å². The van der Waals surface area contributed by atoms with Crippen LogP contribution in [-0.2, 0) is 30.7 Å². The van der Waals surface area contributed by atoms with Gasteiger partial charge in [0.15, 0.2) is 11.6 Å². The van der Waals surface area contributed by atoms with Crippen LogP contribution in [0.5, 0.6) is 0 Å². The second-order valence-corrected chi connectivity index (χ2v) is 7.14. The number of benzene rings is 1. The number of hydrogen-bond donors (Lipinski definition) is 0. The van der Waals surface area contributed by atoms with Crippen LogP contribution >= 0.6 is 0 Å². The van der Waals surface area contributed by atoms with Crippen LogP contribution in [0.1, 0.15) is 42.0 Å². The summed E-state index contributed by atoms with van der Waals surface area (Å²) in [6.07, 6.45) is 8.05. The van der Waals surface area contributed by atoms with Crippen molar-refractivity contribution in [3.8, 4) is 5.69 Å². The lowest BCUT2D eigenvalue weighted by Crippen LogP contribution is -2.26. The number of likely N-dealkylation sites (tertiary alicyclic amines) is 1. The highest BCUT2D eigenvalue weighted by Gasteiger charge is 2.25. The van der Waals surface area contributed by atoms with Gasteiger partial charge in [0.25, 0.3) is 0 Å². The Kier molecular flexibility index (Phi) is 3.95. The molecule has 138 valence electrons. The van der Waals surface area contributed by atoms with Gasteiger partial charge in [0, 0.05) is 13.0 Å². The summed E-state index contributed by atoms with van der Waals surface area (Å²) in [6.45, 7) is 1.74. The van der Waals surface area contributed by atoms with Crippen molar-refractivity contribution in [1.29, 1.82) is 0 Å². The van der Waals surface area contributed by atoms with Crippen molar-refractivity contribution in [1.82, 2.24) is 34.4 Å². The molecule has 0 saturated carbocycles. The minimum absolute atomic E-state index is 0.195. The largest absolute Gasteiger partial charge is 0.335 e. The van der Waals surface area contributed by atoms with Gasteiger partial charge in [-0.2, -0.15) is 5.10 Å². The minimum atomic E-state index is 0.195. The molecule has 27 heavy (non-hydrogen) atoms. The molecule has 2 aliphatic rings. The van der Waals surface area contributed by atoms with Crippen LogP contribution in [0.25, 0.3) is 5.69 Å². The summed E-state index contributed by atoms with van der Waals surface area (Å²) in [4.78, 5) is 22.7. The Bertz CT molecular complexity index is 976. The Morgan fingerprint density at radius 2 is 2.04 bits per heavy atom. The molecule has 3 aromatic rings. The van der Waals surface area contributed by atoms with Gasteiger partial charge in [-0.05, 0) is 42.9 Å². The molecule has 0 radical (unpaired) electrons. The first-order chi connectivity index (χ1) is 13.3. The molecule has 8 heteroatoms. The van der Waals surface area contributed by atoms with Crippen LogP contribution in [-0.4, -0.2) is 46.9 Å². The zero-order valence-electron chi connectivity index (χ0n) is 15.1. The second-order valence-electron chi connectivity index (χ2n) is 7.14. The summed E-state index contributed by atoms with van der Waals surface area (Å²) in [7, 11) is 0. The number of carbonyl (C=O) groups is 1. The fourth-order valence-corrected chi connectivity index (χ4v) is 4.05. The number of aromatic nitrogens is 6.